The molecule has 0 saturated carbocycles. The first-order chi connectivity index (χ1) is 14.1. The van der Waals surface area contributed by atoms with Gasteiger partial charge in [-0.25, -0.2) is 9.37 Å². The quantitative estimate of drug-likeness (QED) is 0.617. The number of hydrogen-bond donors (Lipinski definition) is 0. The highest BCUT2D eigenvalue weighted by Crippen LogP contribution is 2.33. The van der Waals surface area contributed by atoms with Crippen LogP contribution in [-0.2, 0) is 14.3 Å². The van der Waals surface area contributed by atoms with Crippen molar-refractivity contribution in [3.05, 3.63) is 54.3 Å². The summed E-state index contributed by atoms with van der Waals surface area (Å²) in [5.74, 6) is -1.11. The van der Waals surface area contributed by atoms with E-state index in [4.69, 9.17) is 4.74 Å². The van der Waals surface area contributed by atoms with Crippen LogP contribution in [0.5, 0.6) is 0 Å². The van der Waals surface area contributed by atoms with Crippen molar-refractivity contribution < 1.29 is 18.7 Å². The zero-order valence-electron chi connectivity index (χ0n) is 15.5. The molecule has 29 heavy (non-hydrogen) atoms. The minimum Gasteiger partial charge on any atom is -0.458 e. The minimum atomic E-state index is -0.442. The molecular formula is C21H18FN3O3S. The Bertz CT molecular complexity index is 1080. The van der Waals surface area contributed by atoms with Gasteiger partial charge >= 0.3 is 5.97 Å². The van der Waals surface area contributed by atoms with Crippen molar-refractivity contribution in [3.8, 4) is 0 Å². The molecule has 0 N–H and O–H groups in total. The number of esters is 1. The van der Waals surface area contributed by atoms with Crippen molar-refractivity contribution in [1.82, 2.24) is 4.98 Å². The summed E-state index contributed by atoms with van der Waals surface area (Å²) >= 11 is 1.42. The number of ether oxygens (including phenoxy) is 1. The SMILES string of the molecule is O=C(OC1CN(c2nc3ccc(F)cc3s2)C1)C1CC(=O)N(c2ccccc2)C1. The first kappa shape index (κ1) is 18.1. The number of aromatic nitrogens is 1. The predicted molar refractivity (Wildman–Crippen MR) is 109 cm³/mol. The van der Waals surface area contributed by atoms with Crippen molar-refractivity contribution in [2.24, 2.45) is 5.92 Å². The molecule has 3 aromatic rings. The Kier molecular flexibility index (Phi) is 4.43. The Balaban J connectivity index is 1.17. The van der Waals surface area contributed by atoms with Crippen LogP contribution in [0.2, 0.25) is 0 Å². The van der Waals surface area contributed by atoms with E-state index in [9.17, 15) is 14.0 Å². The molecule has 8 heteroatoms. The summed E-state index contributed by atoms with van der Waals surface area (Å²) in [6.45, 7) is 1.45. The summed E-state index contributed by atoms with van der Waals surface area (Å²) in [5.41, 5.74) is 1.56. The molecule has 0 radical (unpaired) electrons. The Morgan fingerprint density at radius 1 is 1.14 bits per heavy atom. The second-order valence-electron chi connectivity index (χ2n) is 7.31. The van der Waals surface area contributed by atoms with Gasteiger partial charge in [0.25, 0.3) is 0 Å². The molecule has 6 nitrogen and oxygen atoms in total. The summed E-state index contributed by atoms with van der Waals surface area (Å²) in [4.78, 5) is 33.0. The van der Waals surface area contributed by atoms with Gasteiger partial charge in [0.15, 0.2) is 5.13 Å². The smallest absolute Gasteiger partial charge is 0.311 e. The molecule has 3 heterocycles. The maximum atomic E-state index is 13.3. The average Bonchev–Trinajstić information content (AvgIpc) is 3.27. The van der Waals surface area contributed by atoms with Crippen LogP contribution in [-0.4, -0.2) is 42.6 Å². The van der Waals surface area contributed by atoms with Crippen molar-refractivity contribution in [2.45, 2.75) is 12.5 Å². The molecule has 1 aromatic heterocycles. The van der Waals surface area contributed by atoms with E-state index in [0.717, 1.165) is 21.0 Å². The standard InChI is InChI=1S/C21H18FN3O3S/c22-14-6-7-17-18(9-14)29-21(23-17)24-11-16(12-24)28-20(27)13-8-19(26)25(10-13)15-4-2-1-3-5-15/h1-7,9,13,16H,8,10-12H2. The number of amides is 1. The van der Waals surface area contributed by atoms with Gasteiger partial charge < -0.3 is 14.5 Å². The number of rotatable bonds is 4. The summed E-state index contributed by atoms with van der Waals surface area (Å²) in [6, 6.07) is 13.9. The molecule has 0 bridgehead atoms. The van der Waals surface area contributed by atoms with E-state index in [1.54, 1.807) is 11.0 Å². The van der Waals surface area contributed by atoms with Gasteiger partial charge in [-0.15, -0.1) is 0 Å². The highest BCUT2D eigenvalue weighted by atomic mass is 32.1. The number of benzene rings is 2. The van der Waals surface area contributed by atoms with Gasteiger partial charge in [-0.05, 0) is 30.3 Å². The number of carbonyl (C=O) groups is 2. The van der Waals surface area contributed by atoms with Gasteiger partial charge in [-0.3, -0.25) is 9.59 Å². The van der Waals surface area contributed by atoms with E-state index >= 15 is 0 Å². The average molecular weight is 411 g/mol. The van der Waals surface area contributed by atoms with E-state index in [-0.39, 0.29) is 30.2 Å². The molecule has 1 unspecified atom stereocenters. The fraction of sp³-hybridized carbons (Fsp3) is 0.286. The first-order valence-electron chi connectivity index (χ1n) is 9.44. The Morgan fingerprint density at radius 3 is 2.72 bits per heavy atom. The van der Waals surface area contributed by atoms with E-state index in [1.165, 1.54) is 23.5 Å². The maximum absolute atomic E-state index is 13.3. The molecule has 2 saturated heterocycles. The van der Waals surface area contributed by atoms with E-state index in [1.807, 2.05) is 35.2 Å². The number of fused-ring (bicyclic) bond motifs is 1. The molecule has 0 aliphatic carbocycles. The highest BCUT2D eigenvalue weighted by Gasteiger charge is 2.39. The van der Waals surface area contributed by atoms with Crippen LogP contribution < -0.4 is 9.80 Å². The number of nitrogens with zero attached hydrogens (tertiary/aromatic N) is 3. The summed E-state index contributed by atoms with van der Waals surface area (Å²) in [5, 5.41) is 0.796. The second-order valence-corrected chi connectivity index (χ2v) is 8.32. The first-order valence-corrected chi connectivity index (χ1v) is 10.3. The lowest BCUT2D eigenvalue weighted by atomic mass is 10.1. The monoisotopic (exact) mass is 411 g/mol. The van der Waals surface area contributed by atoms with E-state index in [2.05, 4.69) is 4.98 Å². The van der Waals surface area contributed by atoms with Crippen LogP contribution in [0.15, 0.2) is 48.5 Å². The molecule has 5 rings (SSSR count). The number of hydrogen-bond acceptors (Lipinski definition) is 6. The van der Waals surface area contributed by atoms with Crippen molar-refractivity contribution >= 4 is 44.2 Å². The van der Waals surface area contributed by atoms with Crippen molar-refractivity contribution in [1.29, 1.82) is 0 Å². The summed E-state index contributed by atoms with van der Waals surface area (Å²) in [7, 11) is 0. The molecule has 0 spiro atoms. The molecule has 2 aromatic carbocycles. The predicted octanol–water partition coefficient (Wildman–Crippen LogP) is 3.22. The lowest BCUT2D eigenvalue weighted by Crippen LogP contribution is -2.53. The van der Waals surface area contributed by atoms with Crippen LogP contribution in [0.3, 0.4) is 0 Å². The normalized spacial score (nSPS) is 19.6. The Labute approximate surface area is 170 Å². The summed E-state index contributed by atoms with van der Waals surface area (Å²) in [6.07, 6.45) is -0.0414. The van der Waals surface area contributed by atoms with Crippen LogP contribution in [0.4, 0.5) is 15.2 Å². The number of halogens is 1. The number of anilines is 2. The van der Waals surface area contributed by atoms with Gasteiger partial charge in [0.05, 0.1) is 29.2 Å². The number of carbonyl (C=O) groups excluding carboxylic acids is 2. The molecule has 148 valence electrons. The largest absolute Gasteiger partial charge is 0.458 e. The zero-order chi connectivity index (χ0) is 20.0. The molecule has 2 fully saturated rings. The molecular weight excluding hydrogens is 393 g/mol. The van der Waals surface area contributed by atoms with E-state index < -0.39 is 5.92 Å². The van der Waals surface area contributed by atoms with Crippen molar-refractivity contribution in [2.75, 3.05) is 29.4 Å². The lowest BCUT2D eigenvalue weighted by molar-refractivity contribution is -0.154. The van der Waals surface area contributed by atoms with Crippen LogP contribution in [0.1, 0.15) is 6.42 Å². The molecule has 2 aliphatic heterocycles. The summed E-state index contributed by atoms with van der Waals surface area (Å²) < 4.78 is 19.7. The topological polar surface area (TPSA) is 62.7 Å². The van der Waals surface area contributed by atoms with Crippen LogP contribution >= 0.6 is 11.3 Å². The fourth-order valence-electron chi connectivity index (χ4n) is 3.67. The van der Waals surface area contributed by atoms with Gasteiger partial charge in [0.1, 0.15) is 11.9 Å². The third kappa shape index (κ3) is 3.44. The molecule has 1 atom stereocenters. The third-order valence-electron chi connectivity index (χ3n) is 5.27. The van der Waals surface area contributed by atoms with Crippen LogP contribution in [0, 0.1) is 11.7 Å². The second kappa shape index (κ2) is 7.11. The fourth-order valence-corrected chi connectivity index (χ4v) is 4.68. The van der Waals surface area contributed by atoms with Crippen molar-refractivity contribution in [3.63, 3.8) is 0 Å². The number of thiazole rings is 1. The van der Waals surface area contributed by atoms with Gasteiger partial charge in [0, 0.05) is 18.7 Å². The van der Waals surface area contributed by atoms with Gasteiger partial charge in [-0.2, -0.15) is 0 Å². The van der Waals surface area contributed by atoms with Crippen LogP contribution in [0.25, 0.3) is 10.2 Å². The third-order valence-corrected chi connectivity index (χ3v) is 6.35. The van der Waals surface area contributed by atoms with Gasteiger partial charge in [0.2, 0.25) is 5.91 Å². The highest BCUT2D eigenvalue weighted by molar-refractivity contribution is 7.22. The molecule has 1 amide bonds. The maximum Gasteiger partial charge on any atom is 0.311 e. The zero-order valence-corrected chi connectivity index (χ0v) is 16.3. The number of para-hydroxylation sites is 1. The Hall–Kier alpha value is -3.00. The minimum absolute atomic E-state index is 0.0601. The lowest BCUT2D eigenvalue weighted by Gasteiger charge is -2.38. The van der Waals surface area contributed by atoms with Gasteiger partial charge in [-0.1, -0.05) is 29.5 Å². The van der Waals surface area contributed by atoms with E-state index in [0.29, 0.717) is 19.6 Å². The Morgan fingerprint density at radius 2 is 1.93 bits per heavy atom. The molecule has 2 aliphatic rings.